The van der Waals surface area contributed by atoms with E-state index in [1.54, 1.807) is 25.3 Å². The van der Waals surface area contributed by atoms with Gasteiger partial charge in [-0.25, -0.2) is 4.98 Å². The van der Waals surface area contributed by atoms with E-state index < -0.39 is 0 Å². The number of hydrogen-bond acceptors (Lipinski definition) is 4. The summed E-state index contributed by atoms with van der Waals surface area (Å²) in [6.45, 7) is 1.86. The number of amides is 1. The third kappa shape index (κ3) is 4.23. The first-order chi connectivity index (χ1) is 15.1. The number of anilines is 2. The van der Waals surface area contributed by atoms with Gasteiger partial charge < -0.3 is 10.6 Å². The van der Waals surface area contributed by atoms with Gasteiger partial charge in [-0.2, -0.15) is 0 Å². The molecule has 6 nitrogen and oxygen atoms in total. The van der Waals surface area contributed by atoms with E-state index in [4.69, 9.17) is 4.98 Å². The van der Waals surface area contributed by atoms with Gasteiger partial charge in [0.25, 0.3) is 0 Å². The molecule has 0 atom stereocenters. The fourth-order valence-electron chi connectivity index (χ4n) is 3.36. The molecule has 154 valence electrons. The number of pyridine rings is 2. The molecule has 2 aromatic carbocycles. The van der Waals surface area contributed by atoms with E-state index in [2.05, 4.69) is 10.6 Å². The largest absolute Gasteiger partial charge is 0.356 e. The number of carbonyl (C=O) groups is 1. The maximum atomic E-state index is 13.0. The lowest BCUT2D eigenvalue weighted by Gasteiger charge is -2.18. The molecule has 0 saturated carbocycles. The normalized spacial score (nSPS) is 11.0. The number of hydrogen-bond donors (Lipinski definition) is 2. The number of para-hydroxylation sites is 2. The van der Waals surface area contributed by atoms with Gasteiger partial charge in [0.2, 0.25) is 5.91 Å². The maximum absolute atomic E-state index is 13.0. The second-order valence-electron chi connectivity index (χ2n) is 7.04. The number of fused-ring (bicyclic) bond motifs is 1. The predicted molar refractivity (Wildman–Crippen MR) is 125 cm³/mol. The minimum atomic E-state index is -0.219. The van der Waals surface area contributed by atoms with E-state index in [1.807, 2.05) is 72.2 Å². The molecular weight excluding hydrogens is 388 g/mol. The number of nitrogens with zero attached hydrogens (tertiary/aromatic N) is 2. The Morgan fingerprint density at radius 1 is 1.00 bits per heavy atom. The zero-order valence-electron chi connectivity index (χ0n) is 17.3. The summed E-state index contributed by atoms with van der Waals surface area (Å²) >= 11 is 0. The molecule has 0 fully saturated rings. The second-order valence-corrected chi connectivity index (χ2v) is 7.04. The molecule has 4 aromatic rings. The van der Waals surface area contributed by atoms with Gasteiger partial charge in [-0.05, 0) is 48.9 Å². The van der Waals surface area contributed by atoms with Gasteiger partial charge in [0, 0.05) is 36.3 Å². The maximum Gasteiger partial charge on any atom is 0.243 e. The van der Waals surface area contributed by atoms with Gasteiger partial charge in [0.1, 0.15) is 11.5 Å². The number of aryl methyl sites for hydroxylation is 1. The van der Waals surface area contributed by atoms with Crippen molar-refractivity contribution in [3.8, 4) is 5.69 Å². The van der Waals surface area contributed by atoms with Crippen LogP contribution in [0.25, 0.3) is 22.8 Å². The van der Waals surface area contributed by atoms with Crippen LogP contribution < -0.4 is 16.1 Å². The third-order valence-electron chi connectivity index (χ3n) is 4.94. The fourth-order valence-corrected chi connectivity index (χ4v) is 3.36. The highest BCUT2D eigenvalue weighted by atomic mass is 16.1. The molecule has 0 aliphatic rings. The summed E-state index contributed by atoms with van der Waals surface area (Å²) in [7, 11) is 1.57. The lowest BCUT2D eigenvalue weighted by molar-refractivity contribution is -0.115. The summed E-state index contributed by atoms with van der Waals surface area (Å²) in [5.74, 6) is 0.402. The number of benzene rings is 2. The summed E-state index contributed by atoms with van der Waals surface area (Å²) in [4.78, 5) is 29.4. The van der Waals surface area contributed by atoms with Gasteiger partial charge in [-0.15, -0.1) is 0 Å². The molecule has 6 heteroatoms. The van der Waals surface area contributed by atoms with Crippen molar-refractivity contribution < 1.29 is 4.79 Å². The van der Waals surface area contributed by atoms with Crippen LogP contribution in [0.5, 0.6) is 0 Å². The lowest BCUT2D eigenvalue weighted by Crippen LogP contribution is -2.15. The van der Waals surface area contributed by atoms with Crippen molar-refractivity contribution in [2.45, 2.75) is 6.92 Å². The molecule has 0 unspecified atom stereocenters. The van der Waals surface area contributed by atoms with Gasteiger partial charge >= 0.3 is 0 Å². The van der Waals surface area contributed by atoms with E-state index in [0.717, 1.165) is 16.9 Å². The van der Waals surface area contributed by atoms with E-state index in [9.17, 15) is 9.59 Å². The second kappa shape index (κ2) is 8.67. The van der Waals surface area contributed by atoms with Crippen LogP contribution in [0.3, 0.4) is 0 Å². The molecule has 4 rings (SSSR count). The van der Waals surface area contributed by atoms with Crippen LogP contribution in [0.15, 0.2) is 83.7 Å². The predicted octanol–water partition coefficient (Wildman–Crippen LogP) is 4.20. The van der Waals surface area contributed by atoms with E-state index in [-0.39, 0.29) is 11.3 Å². The van der Waals surface area contributed by atoms with Crippen molar-refractivity contribution in [1.29, 1.82) is 0 Å². The molecule has 2 N–H and O–H groups in total. The minimum Gasteiger partial charge on any atom is -0.356 e. The monoisotopic (exact) mass is 410 g/mol. The van der Waals surface area contributed by atoms with Crippen molar-refractivity contribution in [2.75, 3.05) is 12.4 Å². The van der Waals surface area contributed by atoms with Crippen LogP contribution in [0, 0.1) is 6.92 Å². The van der Waals surface area contributed by atoms with Gasteiger partial charge in [0.05, 0.1) is 5.39 Å². The first-order valence-electron chi connectivity index (χ1n) is 9.91. The molecule has 1 amide bonds. The topological polar surface area (TPSA) is 76.0 Å². The minimum absolute atomic E-state index is 0.150. The summed E-state index contributed by atoms with van der Waals surface area (Å²) in [6.07, 6.45) is 3.10. The Morgan fingerprint density at radius 2 is 1.68 bits per heavy atom. The number of rotatable bonds is 5. The van der Waals surface area contributed by atoms with Gasteiger partial charge in [-0.3, -0.25) is 14.2 Å². The average Bonchev–Trinajstić information content (AvgIpc) is 2.79. The summed E-state index contributed by atoms with van der Waals surface area (Å²) in [6, 6.07) is 22.8. The number of nitrogens with one attached hydrogen (secondary N) is 2. The average molecular weight is 410 g/mol. The zero-order valence-corrected chi connectivity index (χ0v) is 17.3. The van der Waals surface area contributed by atoms with Gasteiger partial charge in [-0.1, -0.05) is 36.4 Å². The highest BCUT2D eigenvalue weighted by Crippen LogP contribution is 2.25. The standard InChI is InChI=1S/C25H22N4O2/c1-17-18(13-14-24(31)26-2)15-21-22(30)16-23(28-19-9-5-3-6-10-19)29(25(21)27-17)20-11-7-4-8-12-20/h3-16,28H,1-2H3,(H,26,31)/b14-13+. The van der Waals surface area contributed by atoms with E-state index in [0.29, 0.717) is 22.5 Å². The molecule has 0 radical (unpaired) electrons. The Labute approximate surface area is 179 Å². The molecule has 2 heterocycles. The summed E-state index contributed by atoms with van der Waals surface area (Å²) in [5.41, 5.74) is 3.58. The van der Waals surface area contributed by atoms with Crippen LogP contribution in [0.2, 0.25) is 0 Å². The smallest absolute Gasteiger partial charge is 0.243 e. The molecule has 0 aliphatic heterocycles. The van der Waals surface area contributed by atoms with E-state index >= 15 is 0 Å². The lowest BCUT2D eigenvalue weighted by atomic mass is 10.1. The Hall–Kier alpha value is -4.19. The number of carbonyl (C=O) groups excluding carboxylic acids is 1. The number of likely N-dealkylation sites (N-methyl/N-ethyl adjacent to an activating group) is 1. The molecular formula is C25H22N4O2. The SMILES string of the molecule is CNC(=O)/C=C/c1cc2c(=O)cc(Nc3ccccc3)n(-c3ccccc3)c2nc1C. The molecule has 0 aliphatic carbocycles. The van der Waals surface area contributed by atoms with Crippen molar-refractivity contribution >= 4 is 34.5 Å². The highest BCUT2D eigenvalue weighted by Gasteiger charge is 2.14. The summed E-state index contributed by atoms with van der Waals surface area (Å²) < 4.78 is 1.93. The van der Waals surface area contributed by atoms with Crippen LogP contribution in [0.1, 0.15) is 11.3 Å². The van der Waals surface area contributed by atoms with Crippen LogP contribution in [-0.4, -0.2) is 22.5 Å². The molecule has 0 spiro atoms. The quantitative estimate of drug-likeness (QED) is 0.484. The highest BCUT2D eigenvalue weighted by molar-refractivity contribution is 5.92. The first-order valence-corrected chi connectivity index (χ1v) is 9.91. The zero-order chi connectivity index (χ0) is 21.8. The fraction of sp³-hybridized carbons (Fsp3) is 0.0800. The third-order valence-corrected chi connectivity index (χ3v) is 4.94. The van der Waals surface area contributed by atoms with E-state index in [1.165, 1.54) is 6.08 Å². The van der Waals surface area contributed by atoms with Crippen LogP contribution in [-0.2, 0) is 4.79 Å². The Kier molecular flexibility index (Phi) is 5.62. The Balaban J connectivity index is 1.96. The summed E-state index contributed by atoms with van der Waals surface area (Å²) in [5, 5.41) is 6.36. The van der Waals surface area contributed by atoms with Crippen LogP contribution >= 0.6 is 0 Å². The van der Waals surface area contributed by atoms with Crippen molar-refractivity contribution in [2.24, 2.45) is 0 Å². The number of aromatic nitrogens is 2. The molecule has 0 bridgehead atoms. The molecule has 31 heavy (non-hydrogen) atoms. The first kappa shape index (κ1) is 20.1. The van der Waals surface area contributed by atoms with Crippen molar-refractivity contribution in [1.82, 2.24) is 14.9 Å². The van der Waals surface area contributed by atoms with Crippen molar-refractivity contribution in [3.63, 3.8) is 0 Å². The molecule has 2 aromatic heterocycles. The Morgan fingerprint density at radius 3 is 2.35 bits per heavy atom. The van der Waals surface area contributed by atoms with Gasteiger partial charge in [0.15, 0.2) is 5.43 Å². The van der Waals surface area contributed by atoms with Crippen molar-refractivity contribution in [3.05, 3.63) is 100 Å². The molecule has 0 saturated heterocycles. The Bertz CT molecular complexity index is 1330. The van der Waals surface area contributed by atoms with Crippen LogP contribution in [0.4, 0.5) is 11.5 Å².